The van der Waals surface area contributed by atoms with Gasteiger partial charge in [0.2, 0.25) is 0 Å². The Labute approximate surface area is 169 Å². The Balaban J connectivity index is 1.56. The zero-order chi connectivity index (χ0) is 19.0. The van der Waals surface area contributed by atoms with Gasteiger partial charge >= 0.3 is 0 Å². The summed E-state index contributed by atoms with van der Waals surface area (Å²) >= 11 is 1.70. The van der Waals surface area contributed by atoms with Crippen molar-refractivity contribution in [3.05, 3.63) is 114 Å². The highest BCUT2D eigenvalue weighted by Gasteiger charge is 2.14. The predicted molar refractivity (Wildman–Crippen MR) is 117 cm³/mol. The molecule has 138 valence electrons. The Morgan fingerprint density at radius 3 is 2.11 bits per heavy atom. The van der Waals surface area contributed by atoms with E-state index >= 15 is 0 Å². The van der Waals surface area contributed by atoms with E-state index in [0.717, 1.165) is 28.8 Å². The summed E-state index contributed by atoms with van der Waals surface area (Å²) in [5, 5.41) is 9.88. The van der Waals surface area contributed by atoms with Crippen LogP contribution in [-0.2, 0) is 6.42 Å². The van der Waals surface area contributed by atoms with Crippen molar-refractivity contribution in [2.24, 2.45) is 0 Å². The number of hydrogen-bond donors (Lipinski definition) is 0. The molecule has 1 heterocycles. The van der Waals surface area contributed by atoms with Crippen molar-refractivity contribution in [3.8, 4) is 5.69 Å². The minimum absolute atomic E-state index is 0.753. The first-order valence-electron chi connectivity index (χ1n) is 9.28. The molecule has 0 spiro atoms. The van der Waals surface area contributed by atoms with Gasteiger partial charge in [-0.1, -0.05) is 103 Å². The maximum absolute atomic E-state index is 4.49. The zero-order valence-corrected chi connectivity index (χ0v) is 16.3. The monoisotopic (exact) mass is 383 g/mol. The summed E-state index contributed by atoms with van der Waals surface area (Å²) in [7, 11) is 0. The number of aromatic nitrogens is 3. The van der Waals surface area contributed by atoms with E-state index in [-0.39, 0.29) is 0 Å². The first kappa shape index (κ1) is 18.3. The fraction of sp³-hybridized carbons (Fsp3) is 0.0833. The van der Waals surface area contributed by atoms with Crippen LogP contribution in [0.2, 0.25) is 0 Å². The lowest BCUT2D eigenvalue weighted by Gasteiger charge is -2.09. The van der Waals surface area contributed by atoms with Gasteiger partial charge in [-0.15, -0.1) is 10.2 Å². The molecule has 0 bridgehead atoms. The highest BCUT2D eigenvalue weighted by molar-refractivity contribution is 7.99. The quantitative estimate of drug-likeness (QED) is 0.386. The van der Waals surface area contributed by atoms with Gasteiger partial charge in [0.1, 0.15) is 5.82 Å². The molecule has 0 unspecified atom stereocenters. The second-order valence-electron chi connectivity index (χ2n) is 6.36. The van der Waals surface area contributed by atoms with E-state index in [9.17, 15) is 0 Å². The van der Waals surface area contributed by atoms with Crippen LogP contribution in [-0.4, -0.2) is 20.5 Å². The summed E-state index contributed by atoms with van der Waals surface area (Å²) in [4.78, 5) is 0. The third kappa shape index (κ3) is 4.59. The van der Waals surface area contributed by atoms with Gasteiger partial charge in [0.15, 0.2) is 5.16 Å². The van der Waals surface area contributed by atoms with Crippen LogP contribution >= 0.6 is 11.8 Å². The fourth-order valence-corrected chi connectivity index (χ4v) is 3.77. The maximum Gasteiger partial charge on any atom is 0.196 e. The summed E-state index contributed by atoms with van der Waals surface area (Å²) in [6, 6.07) is 31.1. The molecule has 1 aromatic heterocycles. The predicted octanol–water partition coefficient (Wildman–Crippen LogP) is 5.66. The van der Waals surface area contributed by atoms with Crippen molar-refractivity contribution >= 4 is 17.8 Å². The Morgan fingerprint density at radius 1 is 0.750 bits per heavy atom. The van der Waals surface area contributed by atoms with Crippen LogP contribution in [0.25, 0.3) is 11.8 Å². The summed E-state index contributed by atoms with van der Waals surface area (Å²) in [5.41, 5.74) is 3.53. The SMILES string of the molecule is C(=C\c1ccccc1)/CSc1nnc(Cc2ccccc2)n1-c1ccccc1. The second-order valence-corrected chi connectivity index (χ2v) is 7.34. The largest absolute Gasteiger partial charge is 0.274 e. The molecule has 0 saturated carbocycles. The molecular weight excluding hydrogens is 362 g/mol. The second kappa shape index (κ2) is 9.20. The van der Waals surface area contributed by atoms with Crippen LogP contribution in [0, 0.1) is 0 Å². The Kier molecular flexibility index (Phi) is 6.00. The van der Waals surface area contributed by atoms with Crippen LogP contribution in [0.4, 0.5) is 0 Å². The number of hydrogen-bond acceptors (Lipinski definition) is 3. The molecule has 0 amide bonds. The van der Waals surface area contributed by atoms with Gasteiger partial charge in [-0.25, -0.2) is 0 Å². The molecule has 4 rings (SSSR count). The average molecular weight is 384 g/mol. The molecule has 4 aromatic rings. The standard InChI is InChI=1S/C24H21N3S/c1-4-11-20(12-5-1)15-10-18-28-24-26-25-23(19-21-13-6-2-7-14-21)27(24)22-16-8-3-9-17-22/h1-17H,18-19H2/b15-10+. The van der Waals surface area contributed by atoms with E-state index in [1.165, 1.54) is 11.1 Å². The molecule has 0 radical (unpaired) electrons. The van der Waals surface area contributed by atoms with E-state index in [1.54, 1.807) is 11.8 Å². The highest BCUT2D eigenvalue weighted by Crippen LogP contribution is 2.23. The molecule has 0 fully saturated rings. The molecule has 3 nitrogen and oxygen atoms in total. The minimum Gasteiger partial charge on any atom is -0.274 e. The molecule has 0 atom stereocenters. The van der Waals surface area contributed by atoms with Crippen molar-refractivity contribution in [1.29, 1.82) is 0 Å². The third-order valence-corrected chi connectivity index (χ3v) is 5.22. The van der Waals surface area contributed by atoms with Gasteiger partial charge in [-0.2, -0.15) is 0 Å². The molecule has 4 heteroatoms. The zero-order valence-electron chi connectivity index (χ0n) is 15.5. The number of rotatable bonds is 7. The smallest absolute Gasteiger partial charge is 0.196 e. The fourth-order valence-electron chi connectivity index (χ4n) is 2.99. The summed E-state index contributed by atoms with van der Waals surface area (Å²) in [6.45, 7) is 0. The van der Waals surface area contributed by atoms with Gasteiger partial charge in [0.05, 0.1) is 0 Å². The van der Waals surface area contributed by atoms with Crippen molar-refractivity contribution in [3.63, 3.8) is 0 Å². The maximum atomic E-state index is 4.49. The molecule has 0 N–H and O–H groups in total. The van der Waals surface area contributed by atoms with Crippen molar-refractivity contribution in [2.45, 2.75) is 11.6 Å². The van der Waals surface area contributed by atoms with Gasteiger partial charge in [0.25, 0.3) is 0 Å². The molecule has 0 aliphatic rings. The first-order valence-corrected chi connectivity index (χ1v) is 10.3. The number of para-hydroxylation sites is 1. The van der Waals surface area contributed by atoms with Crippen LogP contribution < -0.4 is 0 Å². The molecule has 28 heavy (non-hydrogen) atoms. The average Bonchev–Trinajstić information content (AvgIpc) is 3.15. The summed E-state index contributed by atoms with van der Waals surface area (Å²) in [6.07, 6.45) is 5.06. The summed E-state index contributed by atoms with van der Waals surface area (Å²) < 4.78 is 2.16. The topological polar surface area (TPSA) is 30.7 Å². The van der Waals surface area contributed by atoms with Crippen molar-refractivity contribution in [1.82, 2.24) is 14.8 Å². The van der Waals surface area contributed by atoms with Gasteiger partial charge < -0.3 is 0 Å². The number of thioether (sulfide) groups is 1. The lowest BCUT2D eigenvalue weighted by Crippen LogP contribution is -2.03. The van der Waals surface area contributed by atoms with Crippen LogP contribution in [0.5, 0.6) is 0 Å². The van der Waals surface area contributed by atoms with Gasteiger partial charge in [0, 0.05) is 17.9 Å². The highest BCUT2D eigenvalue weighted by atomic mass is 32.2. The Morgan fingerprint density at radius 2 is 1.39 bits per heavy atom. The van der Waals surface area contributed by atoms with Crippen molar-refractivity contribution < 1.29 is 0 Å². The Hall–Kier alpha value is -3.11. The van der Waals surface area contributed by atoms with Crippen LogP contribution in [0.15, 0.2) is 102 Å². The van der Waals surface area contributed by atoms with Crippen molar-refractivity contribution in [2.75, 3.05) is 5.75 Å². The van der Waals surface area contributed by atoms with Crippen LogP contribution in [0.3, 0.4) is 0 Å². The van der Waals surface area contributed by atoms with E-state index in [2.05, 4.69) is 87.6 Å². The normalized spacial score (nSPS) is 11.1. The van der Waals surface area contributed by atoms with Crippen LogP contribution in [0.1, 0.15) is 17.0 Å². The molecule has 0 saturated heterocycles. The van der Waals surface area contributed by atoms with E-state index in [1.807, 2.05) is 30.3 Å². The minimum atomic E-state index is 0.753. The molecule has 0 aliphatic carbocycles. The number of benzene rings is 3. The lowest BCUT2D eigenvalue weighted by atomic mass is 10.1. The first-order chi connectivity index (χ1) is 13.9. The Bertz CT molecular complexity index is 1030. The van der Waals surface area contributed by atoms with E-state index < -0.39 is 0 Å². The number of nitrogens with zero attached hydrogens (tertiary/aromatic N) is 3. The third-order valence-electron chi connectivity index (χ3n) is 4.34. The van der Waals surface area contributed by atoms with Gasteiger partial charge in [-0.3, -0.25) is 4.57 Å². The van der Waals surface area contributed by atoms with E-state index in [4.69, 9.17) is 0 Å². The van der Waals surface area contributed by atoms with Gasteiger partial charge in [-0.05, 0) is 23.3 Å². The lowest BCUT2D eigenvalue weighted by molar-refractivity contribution is 0.849. The molecular formula is C24H21N3S. The molecule has 3 aromatic carbocycles. The molecule has 0 aliphatic heterocycles. The van der Waals surface area contributed by atoms with E-state index in [0.29, 0.717) is 0 Å². The summed E-state index contributed by atoms with van der Waals surface area (Å²) in [5.74, 6) is 1.79.